The quantitative estimate of drug-likeness (QED) is 0.421. The number of anilines is 1. The van der Waals surface area contributed by atoms with E-state index < -0.39 is 11.8 Å². The van der Waals surface area contributed by atoms with Gasteiger partial charge in [0.05, 0.1) is 35.2 Å². The van der Waals surface area contributed by atoms with Crippen molar-refractivity contribution in [1.29, 1.82) is 0 Å². The van der Waals surface area contributed by atoms with Gasteiger partial charge in [0.25, 0.3) is 5.91 Å². The molecule has 176 valence electrons. The van der Waals surface area contributed by atoms with Gasteiger partial charge in [-0.1, -0.05) is 17.7 Å². The third-order valence-electron chi connectivity index (χ3n) is 6.90. The summed E-state index contributed by atoms with van der Waals surface area (Å²) in [7, 11) is 0. The number of carbonyl (C=O) groups excluding carboxylic acids is 2. The van der Waals surface area contributed by atoms with Crippen molar-refractivity contribution in [1.82, 2.24) is 9.47 Å². The van der Waals surface area contributed by atoms with Crippen LogP contribution in [0.2, 0.25) is 5.02 Å². The summed E-state index contributed by atoms with van der Waals surface area (Å²) >= 11 is 6.19. The Kier molecular flexibility index (Phi) is 4.70. The van der Waals surface area contributed by atoms with Crippen molar-refractivity contribution in [3.8, 4) is 0 Å². The average molecular weight is 488 g/mol. The fraction of sp³-hybridized carbons (Fsp3) is 0.222. The first-order valence-corrected chi connectivity index (χ1v) is 11.8. The lowest BCUT2D eigenvalue weighted by Crippen LogP contribution is -2.33. The predicted octanol–water partition coefficient (Wildman–Crippen LogP) is 5.18. The molecule has 0 fully saturated rings. The number of benzene rings is 2. The van der Waals surface area contributed by atoms with Gasteiger partial charge in [0.1, 0.15) is 5.58 Å². The second-order valence-corrected chi connectivity index (χ2v) is 9.74. The second kappa shape index (κ2) is 7.58. The first-order valence-electron chi connectivity index (χ1n) is 11.4. The summed E-state index contributed by atoms with van der Waals surface area (Å²) in [5.74, 6) is -1.48. The number of hydrogen-bond acceptors (Lipinski definition) is 5. The number of nitrogens with zero attached hydrogens (tertiary/aromatic N) is 2. The minimum Gasteiger partial charge on any atom is -0.464 e. The number of halogens is 1. The number of rotatable bonds is 2. The maximum atomic E-state index is 13.8. The Labute approximate surface area is 205 Å². The molecule has 6 rings (SSSR count). The van der Waals surface area contributed by atoms with Gasteiger partial charge in [-0.3, -0.25) is 19.3 Å². The molecule has 0 spiro atoms. The highest BCUT2D eigenvalue weighted by Crippen LogP contribution is 2.46. The molecule has 4 aromatic rings. The molecule has 4 heterocycles. The highest BCUT2D eigenvalue weighted by molar-refractivity contribution is 6.31. The Morgan fingerprint density at radius 2 is 1.97 bits per heavy atom. The number of amides is 2. The van der Waals surface area contributed by atoms with E-state index in [1.165, 1.54) is 18.1 Å². The van der Waals surface area contributed by atoms with E-state index in [9.17, 15) is 14.4 Å². The molecule has 1 atom stereocenters. The molecule has 0 bridgehead atoms. The van der Waals surface area contributed by atoms with E-state index in [-0.39, 0.29) is 23.9 Å². The van der Waals surface area contributed by atoms with Crippen LogP contribution in [-0.4, -0.2) is 27.8 Å². The molecule has 0 aliphatic carbocycles. The van der Waals surface area contributed by atoms with Crippen molar-refractivity contribution in [3.63, 3.8) is 0 Å². The molecule has 2 amide bonds. The van der Waals surface area contributed by atoms with Crippen molar-refractivity contribution in [2.45, 2.75) is 32.7 Å². The number of nitrogens with one attached hydrogen (secondary N) is 1. The minimum absolute atomic E-state index is 0.121. The highest BCUT2D eigenvalue weighted by atomic mass is 35.5. The SMILES string of the molecule is CC(=O)N1CC2=C(C1=O)[C@H](c1coc3ccc(Cl)cc3c1=O)c1cn(C(C)C)c3cccc(c13)N2. The minimum atomic E-state index is -0.722. The maximum absolute atomic E-state index is 13.8. The van der Waals surface area contributed by atoms with E-state index in [1.54, 1.807) is 18.2 Å². The summed E-state index contributed by atoms with van der Waals surface area (Å²) in [5.41, 5.74) is 4.12. The molecule has 2 aliphatic rings. The number of imide groups is 1. The smallest absolute Gasteiger partial charge is 0.259 e. The van der Waals surface area contributed by atoms with E-state index in [0.717, 1.165) is 22.2 Å². The number of carbonyl (C=O) groups is 2. The summed E-state index contributed by atoms with van der Waals surface area (Å²) < 4.78 is 8.00. The van der Waals surface area contributed by atoms with Gasteiger partial charge >= 0.3 is 0 Å². The van der Waals surface area contributed by atoms with Gasteiger partial charge < -0.3 is 14.3 Å². The van der Waals surface area contributed by atoms with Crippen LogP contribution in [0.3, 0.4) is 0 Å². The van der Waals surface area contributed by atoms with E-state index in [0.29, 0.717) is 32.8 Å². The van der Waals surface area contributed by atoms with Crippen LogP contribution in [0.15, 0.2) is 69.3 Å². The van der Waals surface area contributed by atoms with Gasteiger partial charge in [-0.2, -0.15) is 0 Å². The fourth-order valence-corrected chi connectivity index (χ4v) is 5.47. The molecule has 1 N–H and O–H groups in total. The zero-order chi connectivity index (χ0) is 24.6. The van der Waals surface area contributed by atoms with Gasteiger partial charge in [0.2, 0.25) is 5.91 Å². The van der Waals surface area contributed by atoms with Crippen LogP contribution in [0, 0.1) is 0 Å². The standard InChI is InChI=1S/C27H22ClN3O4/c1-13(2)30-10-17-23(18-12-35-22-8-7-15(28)9-16(22)26(18)33)25-20(11-31(14(3)32)27(25)34)29-19-5-4-6-21(30)24(17)19/h4-10,12-13,23,29H,11H2,1-3H3/t23-/m0/s1. The molecule has 0 unspecified atom stereocenters. The third kappa shape index (κ3) is 3.08. The van der Waals surface area contributed by atoms with Crippen LogP contribution in [0.25, 0.3) is 21.9 Å². The fourth-order valence-electron chi connectivity index (χ4n) is 5.30. The van der Waals surface area contributed by atoms with Crippen molar-refractivity contribution in [3.05, 3.63) is 86.5 Å². The normalized spacial score (nSPS) is 17.3. The average Bonchev–Trinajstić information content (AvgIpc) is 3.31. The first-order chi connectivity index (χ1) is 16.8. The van der Waals surface area contributed by atoms with E-state index in [2.05, 4.69) is 23.7 Å². The van der Waals surface area contributed by atoms with E-state index >= 15 is 0 Å². The Morgan fingerprint density at radius 1 is 1.17 bits per heavy atom. The molecule has 0 saturated heterocycles. The van der Waals surface area contributed by atoms with Crippen molar-refractivity contribution >= 4 is 51.0 Å². The number of hydrogen-bond donors (Lipinski definition) is 1. The molecule has 2 aromatic heterocycles. The van der Waals surface area contributed by atoms with Gasteiger partial charge in [-0.05, 0) is 49.7 Å². The van der Waals surface area contributed by atoms with Crippen LogP contribution in [0.1, 0.15) is 43.9 Å². The maximum Gasteiger partial charge on any atom is 0.259 e. The van der Waals surface area contributed by atoms with Gasteiger partial charge in [-0.25, -0.2) is 0 Å². The van der Waals surface area contributed by atoms with Crippen LogP contribution in [0.5, 0.6) is 0 Å². The number of aromatic nitrogens is 1. The Balaban J connectivity index is 1.71. The monoisotopic (exact) mass is 487 g/mol. The Hall–Kier alpha value is -3.84. The van der Waals surface area contributed by atoms with Crippen LogP contribution in [-0.2, 0) is 9.59 Å². The number of fused-ring (bicyclic) bond motifs is 1. The van der Waals surface area contributed by atoms with Gasteiger partial charge in [0.15, 0.2) is 5.43 Å². The zero-order valence-corrected chi connectivity index (χ0v) is 20.1. The zero-order valence-electron chi connectivity index (χ0n) is 19.4. The van der Waals surface area contributed by atoms with Crippen LogP contribution >= 0.6 is 11.6 Å². The lowest BCUT2D eigenvalue weighted by molar-refractivity contribution is -0.139. The van der Waals surface area contributed by atoms with Crippen LogP contribution < -0.4 is 10.7 Å². The highest BCUT2D eigenvalue weighted by Gasteiger charge is 2.42. The summed E-state index contributed by atoms with van der Waals surface area (Å²) in [5, 5.41) is 5.12. The Morgan fingerprint density at radius 3 is 2.71 bits per heavy atom. The van der Waals surface area contributed by atoms with Gasteiger partial charge in [0, 0.05) is 46.5 Å². The van der Waals surface area contributed by atoms with Crippen LogP contribution in [0.4, 0.5) is 5.69 Å². The molecule has 35 heavy (non-hydrogen) atoms. The lowest BCUT2D eigenvalue weighted by Gasteiger charge is -2.19. The predicted molar refractivity (Wildman–Crippen MR) is 135 cm³/mol. The first kappa shape index (κ1) is 21.7. The molecular formula is C27H22ClN3O4. The van der Waals surface area contributed by atoms with Crippen molar-refractivity contribution < 1.29 is 14.0 Å². The molecule has 2 aromatic carbocycles. The summed E-state index contributed by atoms with van der Waals surface area (Å²) in [4.78, 5) is 40.9. The second-order valence-electron chi connectivity index (χ2n) is 9.31. The summed E-state index contributed by atoms with van der Waals surface area (Å²) in [6, 6.07) is 11.0. The van der Waals surface area contributed by atoms with E-state index in [4.69, 9.17) is 16.0 Å². The molecule has 0 radical (unpaired) electrons. The van der Waals surface area contributed by atoms with Gasteiger partial charge in [-0.15, -0.1) is 0 Å². The topological polar surface area (TPSA) is 84.6 Å². The van der Waals surface area contributed by atoms with Crippen molar-refractivity contribution in [2.24, 2.45) is 0 Å². The summed E-state index contributed by atoms with van der Waals surface area (Å²) in [6.45, 7) is 5.65. The lowest BCUT2D eigenvalue weighted by atomic mass is 9.84. The summed E-state index contributed by atoms with van der Waals surface area (Å²) in [6.07, 6.45) is 3.44. The Bertz CT molecular complexity index is 1680. The molecule has 7 nitrogen and oxygen atoms in total. The molecule has 8 heteroatoms. The van der Waals surface area contributed by atoms with E-state index in [1.807, 2.05) is 24.4 Å². The largest absolute Gasteiger partial charge is 0.464 e. The van der Waals surface area contributed by atoms with Crippen molar-refractivity contribution in [2.75, 3.05) is 11.9 Å². The molecule has 2 aliphatic heterocycles. The molecule has 0 saturated carbocycles. The molecular weight excluding hydrogens is 466 g/mol. The third-order valence-corrected chi connectivity index (χ3v) is 7.13.